The van der Waals surface area contributed by atoms with Gasteiger partial charge in [0.25, 0.3) is 0 Å². The molecule has 27 heavy (non-hydrogen) atoms. The zero-order chi connectivity index (χ0) is 19.8. The van der Waals surface area contributed by atoms with Crippen molar-refractivity contribution >= 4 is 0 Å². The third-order valence-electron chi connectivity index (χ3n) is 6.90. The highest BCUT2D eigenvalue weighted by Crippen LogP contribution is 2.55. The summed E-state index contributed by atoms with van der Waals surface area (Å²) < 4.78 is 12.5. The number of benzene rings is 1. The highest BCUT2D eigenvalue weighted by molar-refractivity contribution is 5.54. The Morgan fingerprint density at radius 2 is 1.96 bits per heavy atom. The van der Waals surface area contributed by atoms with E-state index in [0.717, 1.165) is 24.3 Å². The van der Waals surface area contributed by atoms with Gasteiger partial charge in [0.15, 0.2) is 0 Å². The van der Waals surface area contributed by atoms with Crippen LogP contribution in [-0.2, 0) is 5.41 Å². The summed E-state index contributed by atoms with van der Waals surface area (Å²) in [6.45, 7) is 13.8. The zero-order valence-electron chi connectivity index (χ0n) is 18.4. The molecule has 1 heterocycles. The molecule has 150 valence electrons. The van der Waals surface area contributed by atoms with E-state index in [-0.39, 0.29) is 11.0 Å². The van der Waals surface area contributed by atoms with Crippen molar-refractivity contribution in [3.63, 3.8) is 0 Å². The lowest BCUT2D eigenvalue weighted by molar-refractivity contribution is 0.00738. The van der Waals surface area contributed by atoms with Crippen LogP contribution in [0.25, 0.3) is 0 Å². The molecule has 0 fully saturated rings. The number of rotatable bonds is 6. The number of allylic oxidation sites excluding steroid dienone is 2. The van der Waals surface area contributed by atoms with E-state index in [0.29, 0.717) is 11.8 Å². The first-order valence-corrected chi connectivity index (χ1v) is 10.8. The van der Waals surface area contributed by atoms with E-state index in [2.05, 4.69) is 59.8 Å². The van der Waals surface area contributed by atoms with Crippen LogP contribution in [0.4, 0.5) is 0 Å². The predicted molar refractivity (Wildman–Crippen MR) is 114 cm³/mol. The average molecular weight is 371 g/mol. The van der Waals surface area contributed by atoms with Gasteiger partial charge in [0, 0.05) is 17.4 Å². The summed E-state index contributed by atoms with van der Waals surface area (Å²) in [5, 5.41) is 0. The molecule has 0 spiro atoms. The number of hydrogen-bond acceptors (Lipinski definition) is 2. The van der Waals surface area contributed by atoms with Crippen molar-refractivity contribution in [2.45, 2.75) is 97.0 Å². The van der Waals surface area contributed by atoms with Gasteiger partial charge < -0.3 is 9.47 Å². The van der Waals surface area contributed by atoms with Gasteiger partial charge in [0.2, 0.25) is 0 Å². The average Bonchev–Trinajstić information content (AvgIpc) is 2.60. The monoisotopic (exact) mass is 370 g/mol. The van der Waals surface area contributed by atoms with E-state index >= 15 is 0 Å². The van der Waals surface area contributed by atoms with Crippen LogP contribution >= 0.6 is 0 Å². The molecule has 1 aromatic carbocycles. The van der Waals surface area contributed by atoms with E-state index in [1.807, 2.05) is 7.11 Å². The summed E-state index contributed by atoms with van der Waals surface area (Å²) in [5.74, 6) is 3.06. The fourth-order valence-corrected chi connectivity index (χ4v) is 5.07. The second-order valence-electron chi connectivity index (χ2n) is 9.84. The van der Waals surface area contributed by atoms with Crippen LogP contribution in [0.15, 0.2) is 23.8 Å². The Kier molecular flexibility index (Phi) is 5.66. The van der Waals surface area contributed by atoms with E-state index in [1.165, 1.54) is 42.4 Å². The summed E-state index contributed by atoms with van der Waals surface area (Å²) in [7, 11) is 1.81. The van der Waals surface area contributed by atoms with Gasteiger partial charge in [-0.2, -0.15) is 0 Å². The number of methoxy groups -OCH3 is 1. The molecule has 3 rings (SSSR count). The molecular formula is C25H38O2. The van der Waals surface area contributed by atoms with Gasteiger partial charge in [-0.15, -0.1) is 0 Å². The molecule has 0 bridgehead atoms. The SMILES string of the molecule is CCCCCC(C)(C)c1cc(OC)c2c(c1)OC(C)(C)[C@@H]1CC=C(C)C[C@@H]21. The fourth-order valence-electron chi connectivity index (χ4n) is 5.07. The molecule has 0 saturated carbocycles. The highest BCUT2D eigenvalue weighted by atomic mass is 16.5. The van der Waals surface area contributed by atoms with Crippen LogP contribution in [0.1, 0.15) is 97.1 Å². The van der Waals surface area contributed by atoms with Crippen molar-refractivity contribution < 1.29 is 9.47 Å². The molecule has 0 unspecified atom stereocenters. The highest BCUT2D eigenvalue weighted by Gasteiger charge is 2.46. The van der Waals surface area contributed by atoms with Crippen LogP contribution in [0, 0.1) is 5.92 Å². The van der Waals surface area contributed by atoms with Gasteiger partial charge in [0.05, 0.1) is 7.11 Å². The third-order valence-corrected chi connectivity index (χ3v) is 6.90. The van der Waals surface area contributed by atoms with Crippen LogP contribution in [0.5, 0.6) is 11.5 Å². The molecule has 0 aromatic heterocycles. The van der Waals surface area contributed by atoms with Gasteiger partial charge in [-0.1, -0.05) is 51.7 Å². The predicted octanol–water partition coefficient (Wildman–Crippen LogP) is 7.16. The van der Waals surface area contributed by atoms with Gasteiger partial charge in [-0.3, -0.25) is 0 Å². The summed E-state index contributed by atoms with van der Waals surface area (Å²) >= 11 is 0. The fraction of sp³-hybridized carbons (Fsp3) is 0.680. The Bertz CT molecular complexity index is 711. The largest absolute Gasteiger partial charge is 0.496 e. The standard InChI is InChI=1S/C25H38O2/c1-8-9-10-13-24(3,4)18-15-21(26-7)23-19-14-17(2)11-12-20(19)25(5,6)27-22(23)16-18/h11,15-16,19-20H,8-10,12-14H2,1-7H3/t19-,20-/m1/s1. The van der Waals surface area contributed by atoms with Gasteiger partial charge in [-0.05, 0) is 63.1 Å². The molecule has 1 aromatic rings. The van der Waals surface area contributed by atoms with E-state index in [4.69, 9.17) is 9.47 Å². The first kappa shape index (κ1) is 20.3. The van der Waals surface area contributed by atoms with E-state index in [1.54, 1.807) is 0 Å². The first-order valence-electron chi connectivity index (χ1n) is 10.8. The lowest BCUT2D eigenvalue weighted by Crippen LogP contribution is -2.45. The summed E-state index contributed by atoms with van der Waals surface area (Å²) in [6, 6.07) is 4.60. The number of ether oxygens (including phenoxy) is 2. The Labute approximate surface area is 166 Å². The maximum atomic E-state index is 6.62. The van der Waals surface area contributed by atoms with Crippen molar-refractivity contribution in [3.05, 3.63) is 34.9 Å². The molecular weight excluding hydrogens is 332 g/mol. The molecule has 0 N–H and O–H groups in total. The maximum Gasteiger partial charge on any atom is 0.127 e. The smallest absolute Gasteiger partial charge is 0.127 e. The summed E-state index contributed by atoms with van der Waals surface area (Å²) in [5.41, 5.74) is 4.11. The van der Waals surface area contributed by atoms with Crippen molar-refractivity contribution in [1.82, 2.24) is 0 Å². The molecule has 1 aliphatic heterocycles. The van der Waals surface area contributed by atoms with Crippen LogP contribution in [-0.4, -0.2) is 12.7 Å². The van der Waals surface area contributed by atoms with Crippen molar-refractivity contribution in [1.29, 1.82) is 0 Å². The summed E-state index contributed by atoms with van der Waals surface area (Å²) in [4.78, 5) is 0. The Morgan fingerprint density at radius 3 is 2.63 bits per heavy atom. The topological polar surface area (TPSA) is 18.5 Å². The number of fused-ring (bicyclic) bond motifs is 3. The minimum Gasteiger partial charge on any atom is -0.496 e. The summed E-state index contributed by atoms with van der Waals surface area (Å²) in [6.07, 6.45) is 9.62. The van der Waals surface area contributed by atoms with Gasteiger partial charge >= 0.3 is 0 Å². The lowest BCUT2D eigenvalue weighted by atomic mass is 9.66. The second-order valence-corrected chi connectivity index (χ2v) is 9.84. The minimum absolute atomic E-state index is 0.129. The molecule has 2 atom stereocenters. The molecule has 2 aliphatic rings. The molecule has 1 aliphatic carbocycles. The second kappa shape index (κ2) is 7.53. The lowest BCUT2D eigenvalue weighted by Gasteiger charge is -2.47. The van der Waals surface area contributed by atoms with Crippen molar-refractivity contribution in [2.24, 2.45) is 5.92 Å². The quantitative estimate of drug-likeness (QED) is 0.390. The molecule has 0 amide bonds. The van der Waals surface area contributed by atoms with Gasteiger partial charge in [-0.25, -0.2) is 0 Å². The number of unbranched alkanes of at least 4 members (excludes halogenated alkanes) is 2. The Balaban J connectivity index is 2.04. The molecule has 0 radical (unpaired) electrons. The van der Waals surface area contributed by atoms with Gasteiger partial charge in [0.1, 0.15) is 17.1 Å². The Morgan fingerprint density at radius 1 is 1.22 bits per heavy atom. The zero-order valence-corrected chi connectivity index (χ0v) is 18.4. The van der Waals surface area contributed by atoms with Crippen LogP contribution in [0.2, 0.25) is 0 Å². The molecule has 0 saturated heterocycles. The first-order chi connectivity index (χ1) is 12.7. The number of hydrogen-bond donors (Lipinski definition) is 0. The van der Waals surface area contributed by atoms with Crippen molar-refractivity contribution in [2.75, 3.05) is 7.11 Å². The third kappa shape index (κ3) is 3.91. The maximum absolute atomic E-state index is 6.62. The van der Waals surface area contributed by atoms with E-state index in [9.17, 15) is 0 Å². The minimum atomic E-state index is -0.148. The van der Waals surface area contributed by atoms with Crippen LogP contribution < -0.4 is 9.47 Å². The normalized spacial score (nSPS) is 23.7. The Hall–Kier alpha value is -1.44. The van der Waals surface area contributed by atoms with Crippen LogP contribution in [0.3, 0.4) is 0 Å². The van der Waals surface area contributed by atoms with Crippen molar-refractivity contribution in [3.8, 4) is 11.5 Å². The molecule has 2 nitrogen and oxygen atoms in total. The van der Waals surface area contributed by atoms with E-state index < -0.39 is 0 Å². The molecule has 2 heteroatoms.